The minimum Gasteiger partial charge on any atom is -0.394 e. The Morgan fingerprint density at radius 2 is 1.65 bits per heavy atom. The standard InChI is InChI=1S/C31H40N4O4S/c1-5-22(18-36)35-27(29(38)33-21-13-15-23(16-14-21)34(6-2)7-3)31-19(4)17-24(40-31)25(26(31)30(35)39)28(37)32-20-11-9-8-10-12-20/h8-16,19,22,24-27,36H,5-7,17-18H2,1-4H3,(H,32,37)(H,33,38)/t19?,22-,24-,25+,26-,27?,31?/m0/s1. The van der Waals surface area contributed by atoms with Crippen molar-refractivity contribution in [2.24, 2.45) is 17.8 Å². The summed E-state index contributed by atoms with van der Waals surface area (Å²) in [6.07, 6.45) is 1.27. The predicted molar refractivity (Wildman–Crippen MR) is 160 cm³/mol. The van der Waals surface area contributed by atoms with Gasteiger partial charge in [-0.25, -0.2) is 0 Å². The summed E-state index contributed by atoms with van der Waals surface area (Å²) in [4.78, 5) is 45.9. The number of likely N-dealkylation sites (tertiary alicyclic amines) is 1. The summed E-state index contributed by atoms with van der Waals surface area (Å²) < 4.78 is -0.742. The Kier molecular flexibility index (Phi) is 8.15. The second-order valence-electron chi connectivity index (χ2n) is 11.1. The first-order valence-corrected chi connectivity index (χ1v) is 15.3. The lowest BCUT2D eigenvalue weighted by molar-refractivity contribution is -0.141. The summed E-state index contributed by atoms with van der Waals surface area (Å²) in [7, 11) is 0. The van der Waals surface area contributed by atoms with Crippen LogP contribution in [-0.2, 0) is 14.4 Å². The highest BCUT2D eigenvalue weighted by atomic mass is 32.2. The normalized spacial score (nSPS) is 29.3. The number of para-hydroxylation sites is 1. The van der Waals surface area contributed by atoms with Gasteiger partial charge in [0.05, 0.1) is 29.2 Å². The monoisotopic (exact) mass is 564 g/mol. The number of thioether (sulfide) groups is 1. The van der Waals surface area contributed by atoms with E-state index in [2.05, 4.69) is 36.3 Å². The van der Waals surface area contributed by atoms with Gasteiger partial charge in [0, 0.05) is 35.4 Å². The smallest absolute Gasteiger partial charge is 0.248 e. The zero-order chi connectivity index (χ0) is 28.6. The molecular formula is C31H40N4O4S. The lowest BCUT2D eigenvalue weighted by Crippen LogP contribution is -2.56. The zero-order valence-corrected chi connectivity index (χ0v) is 24.5. The molecule has 3 aliphatic rings. The summed E-state index contributed by atoms with van der Waals surface area (Å²) in [6.45, 7) is 9.76. The molecule has 0 aromatic heterocycles. The van der Waals surface area contributed by atoms with E-state index in [-0.39, 0.29) is 35.5 Å². The van der Waals surface area contributed by atoms with Gasteiger partial charge >= 0.3 is 0 Å². The fourth-order valence-corrected chi connectivity index (χ4v) is 9.58. The molecule has 9 heteroatoms. The third-order valence-electron chi connectivity index (χ3n) is 9.11. The van der Waals surface area contributed by atoms with Gasteiger partial charge in [0.25, 0.3) is 0 Å². The number of nitrogens with zero attached hydrogens (tertiary/aromatic N) is 2. The third-order valence-corrected chi connectivity index (χ3v) is 11.2. The van der Waals surface area contributed by atoms with Gasteiger partial charge in [0.1, 0.15) is 6.04 Å². The molecule has 1 spiro atoms. The molecule has 3 aliphatic heterocycles. The van der Waals surface area contributed by atoms with E-state index in [1.807, 2.05) is 61.5 Å². The van der Waals surface area contributed by atoms with Crippen LogP contribution in [0.1, 0.15) is 40.5 Å². The number of benzene rings is 2. The van der Waals surface area contributed by atoms with Gasteiger partial charge in [0.2, 0.25) is 17.7 Å². The van der Waals surface area contributed by atoms with Gasteiger partial charge in [-0.3, -0.25) is 14.4 Å². The average molecular weight is 565 g/mol. The average Bonchev–Trinajstić information content (AvgIpc) is 3.55. The molecule has 7 atom stereocenters. The molecule has 5 rings (SSSR count). The van der Waals surface area contributed by atoms with Crippen LogP contribution in [0.5, 0.6) is 0 Å². The number of carbonyl (C=O) groups is 3. The van der Waals surface area contributed by atoms with Gasteiger partial charge in [-0.1, -0.05) is 32.0 Å². The van der Waals surface area contributed by atoms with E-state index in [0.29, 0.717) is 17.8 Å². The van der Waals surface area contributed by atoms with Crippen LogP contribution in [0.4, 0.5) is 17.1 Å². The molecule has 40 heavy (non-hydrogen) atoms. The van der Waals surface area contributed by atoms with E-state index in [4.69, 9.17) is 0 Å². The Hall–Kier alpha value is -3.04. The Morgan fingerprint density at radius 1 is 1.02 bits per heavy atom. The topological polar surface area (TPSA) is 102 Å². The van der Waals surface area contributed by atoms with Crippen molar-refractivity contribution < 1.29 is 19.5 Å². The minimum atomic E-state index is -0.788. The van der Waals surface area contributed by atoms with E-state index < -0.39 is 28.7 Å². The maximum absolute atomic E-state index is 14.2. The highest BCUT2D eigenvalue weighted by molar-refractivity contribution is 8.02. The van der Waals surface area contributed by atoms with Crippen LogP contribution in [0.15, 0.2) is 54.6 Å². The van der Waals surface area contributed by atoms with Crippen molar-refractivity contribution in [2.45, 2.75) is 62.6 Å². The molecular weight excluding hydrogens is 524 g/mol. The number of hydrogen-bond acceptors (Lipinski definition) is 6. The predicted octanol–water partition coefficient (Wildman–Crippen LogP) is 4.22. The molecule has 3 unspecified atom stereocenters. The maximum Gasteiger partial charge on any atom is 0.248 e. The molecule has 3 heterocycles. The Labute approximate surface area is 240 Å². The molecule has 8 nitrogen and oxygen atoms in total. The van der Waals surface area contributed by atoms with Crippen molar-refractivity contribution in [3.8, 4) is 0 Å². The van der Waals surface area contributed by atoms with Crippen LogP contribution >= 0.6 is 11.8 Å². The van der Waals surface area contributed by atoms with Crippen LogP contribution < -0.4 is 15.5 Å². The summed E-state index contributed by atoms with van der Waals surface area (Å²) in [6, 6.07) is 15.8. The number of aliphatic hydroxyl groups is 1. The van der Waals surface area contributed by atoms with Gasteiger partial charge in [-0.05, 0) is 69.0 Å². The molecule has 3 saturated heterocycles. The molecule has 0 aliphatic carbocycles. The fraction of sp³-hybridized carbons (Fsp3) is 0.516. The second kappa shape index (κ2) is 11.4. The van der Waals surface area contributed by atoms with E-state index in [9.17, 15) is 19.5 Å². The van der Waals surface area contributed by atoms with E-state index in [1.54, 1.807) is 16.7 Å². The third kappa shape index (κ3) is 4.57. The lowest BCUT2D eigenvalue weighted by atomic mass is 9.66. The number of aliphatic hydroxyl groups excluding tert-OH is 1. The van der Waals surface area contributed by atoms with Crippen LogP contribution in [0, 0.1) is 17.8 Å². The molecule has 2 aromatic carbocycles. The van der Waals surface area contributed by atoms with Gasteiger partial charge in [0.15, 0.2) is 0 Å². The molecule has 0 radical (unpaired) electrons. The highest BCUT2D eigenvalue weighted by Crippen LogP contribution is 2.69. The molecule has 0 saturated carbocycles. The number of fused-ring (bicyclic) bond motifs is 1. The van der Waals surface area contributed by atoms with E-state index in [1.165, 1.54) is 0 Å². The number of rotatable bonds is 10. The number of hydrogen-bond donors (Lipinski definition) is 3. The number of nitrogens with one attached hydrogen (secondary N) is 2. The van der Waals surface area contributed by atoms with Gasteiger partial charge in [-0.15, -0.1) is 11.8 Å². The number of amides is 3. The summed E-state index contributed by atoms with van der Waals surface area (Å²) >= 11 is 1.64. The SMILES string of the molecule is CC[C@@H](CO)N1C(=O)[C@@H]2[C@H](C(=O)Nc3ccccc3)[C@@H]3CC(C)C2(S3)C1C(=O)Nc1ccc(N(CC)CC)cc1. The van der Waals surface area contributed by atoms with E-state index >= 15 is 0 Å². The largest absolute Gasteiger partial charge is 0.394 e. The highest BCUT2D eigenvalue weighted by Gasteiger charge is 2.76. The Bertz CT molecular complexity index is 1230. The number of anilines is 3. The van der Waals surface area contributed by atoms with Crippen LogP contribution in [0.2, 0.25) is 0 Å². The van der Waals surface area contributed by atoms with Gasteiger partial charge in [-0.2, -0.15) is 0 Å². The molecule has 3 N–H and O–H groups in total. The van der Waals surface area contributed by atoms with Crippen molar-refractivity contribution in [3.05, 3.63) is 54.6 Å². The van der Waals surface area contributed by atoms with Crippen molar-refractivity contribution in [2.75, 3.05) is 35.2 Å². The zero-order valence-electron chi connectivity index (χ0n) is 23.7. The minimum absolute atomic E-state index is 0.0485. The first-order valence-electron chi connectivity index (χ1n) is 14.4. The van der Waals surface area contributed by atoms with Crippen LogP contribution in [-0.4, -0.2) is 69.5 Å². The lowest BCUT2D eigenvalue weighted by Gasteiger charge is -2.40. The molecule has 3 amide bonds. The Balaban J connectivity index is 1.48. The van der Waals surface area contributed by atoms with E-state index in [0.717, 1.165) is 25.2 Å². The number of carbonyl (C=O) groups excluding carboxylic acids is 3. The summed E-state index contributed by atoms with van der Waals surface area (Å²) in [5.41, 5.74) is 2.43. The maximum atomic E-state index is 14.2. The first kappa shape index (κ1) is 28.5. The van der Waals surface area contributed by atoms with Gasteiger partial charge < -0.3 is 25.5 Å². The quantitative estimate of drug-likeness (QED) is 0.400. The summed E-state index contributed by atoms with van der Waals surface area (Å²) in [5, 5.41) is 16.3. The summed E-state index contributed by atoms with van der Waals surface area (Å²) in [5.74, 6) is -1.76. The fourth-order valence-electron chi connectivity index (χ4n) is 7.17. The van der Waals surface area contributed by atoms with Crippen LogP contribution in [0.3, 0.4) is 0 Å². The van der Waals surface area contributed by atoms with Crippen molar-refractivity contribution in [1.29, 1.82) is 0 Å². The molecule has 214 valence electrons. The van der Waals surface area contributed by atoms with Crippen LogP contribution in [0.25, 0.3) is 0 Å². The van der Waals surface area contributed by atoms with Crippen molar-refractivity contribution >= 4 is 46.5 Å². The molecule has 2 bridgehead atoms. The second-order valence-corrected chi connectivity index (χ2v) is 12.7. The molecule has 2 aromatic rings. The Morgan fingerprint density at radius 3 is 2.25 bits per heavy atom. The van der Waals surface area contributed by atoms with Crippen molar-refractivity contribution in [1.82, 2.24) is 4.90 Å². The van der Waals surface area contributed by atoms with Crippen molar-refractivity contribution in [3.63, 3.8) is 0 Å². The first-order chi connectivity index (χ1) is 19.3. The molecule has 3 fully saturated rings.